The van der Waals surface area contributed by atoms with Crippen molar-refractivity contribution in [1.82, 2.24) is 10.0 Å². The molecule has 0 aromatic heterocycles. The first-order valence-corrected chi connectivity index (χ1v) is 9.22. The van der Waals surface area contributed by atoms with Gasteiger partial charge in [0.2, 0.25) is 0 Å². The second-order valence-electron chi connectivity index (χ2n) is 8.15. The Balaban J connectivity index is 2.65. The van der Waals surface area contributed by atoms with Crippen molar-refractivity contribution < 1.29 is 14.1 Å². The number of rotatable bonds is 5. The summed E-state index contributed by atoms with van der Waals surface area (Å²) in [6.45, 7) is 13.3. The maximum absolute atomic E-state index is 12.4. The van der Waals surface area contributed by atoms with Crippen LogP contribution in [0, 0.1) is 5.92 Å². The smallest absolute Gasteiger partial charge is 0.407 e. The molecule has 2 N–H and O–H groups in total. The van der Waals surface area contributed by atoms with Crippen LogP contribution in [0.5, 0.6) is 0 Å². The predicted octanol–water partition coefficient (Wildman–Crippen LogP) is 3.12. The molecule has 5 nitrogen and oxygen atoms in total. The summed E-state index contributed by atoms with van der Waals surface area (Å²) < 4.78 is 20.6. The fraction of sp³-hybridized carbons (Fsp3) is 0.938. The van der Waals surface area contributed by atoms with Gasteiger partial charge < -0.3 is 14.6 Å². The Hall–Kier alpha value is -0.460. The molecule has 22 heavy (non-hydrogen) atoms. The van der Waals surface area contributed by atoms with Crippen molar-refractivity contribution in [3.05, 3.63) is 0 Å². The van der Waals surface area contributed by atoms with E-state index in [-0.39, 0.29) is 16.8 Å². The van der Waals surface area contributed by atoms with Gasteiger partial charge in [-0.2, -0.15) is 0 Å². The van der Waals surface area contributed by atoms with Crippen LogP contribution < -0.4 is 10.0 Å². The molecule has 0 aliphatic heterocycles. The highest BCUT2D eigenvalue weighted by molar-refractivity contribution is 7.90. The lowest BCUT2D eigenvalue weighted by molar-refractivity contribution is 0.0484. The number of ether oxygens (including phenoxy) is 1. The van der Waals surface area contributed by atoms with E-state index in [4.69, 9.17) is 4.74 Å². The third-order valence-corrected chi connectivity index (χ3v) is 5.34. The number of amides is 1. The summed E-state index contributed by atoms with van der Waals surface area (Å²) in [6.07, 6.45) is 3.00. The molecule has 0 spiro atoms. The zero-order valence-electron chi connectivity index (χ0n) is 15.0. The summed E-state index contributed by atoms with van der Waals surface area (Å²) in [7, 11) is 0. The fourth-order valence-electron chi connectivity index (χ4n) is 2.29. The van der Waals surface area contributed by atoms with Crippen molar-refractivity contribution in [2.75, 3.05) is 0 Å². The average Bonchev–Trinajstić information content (AvgIpc) is 2.20. The molecule has 0 saturated heterocycles. The van der Waals surface area contributed by atoms with Crippen molar-refractivity contribution in [3.63, 3.8) is 0 Å². The number of carbonyl (C=O) groups is 1. The van der Waals surface area contributed by atoms with E-state index in [1.807, 2.05) is 48.5 Å². The fourth-order valence-corrected chi connectivity index (χ4v) is 3.29. The van der Waals surface area contributed by atoms with Crippen molar-refractivity contribution >= 4 is 17.5 Å². The molecule has 1 rings (SSSR count). The van der Waals surface area contributed by atoms with Crippen LogP contribution in [0.25, 0.3) is 0 Å². The molecule has 6 heteroatoms. The van der Waals surface area contributed by atoms with Crippen LogP contribution in [0.15, 0.2) is 0 Å². The van der Waals surface area contributed by atoms with Gasteiger partial charge in [-0.3, -0.25) is 0 Å². The van der Waals surface area contributed by atoms with Crippen LogP contribution in [0.3, 0.4) is 0 Å². The van der Waals surface area contributed by atoms with Gasteiger partial charge in [-0.05, 0) is 67.2 Å². The van der Waals surface area contributed by atoms with E-state index in [1.54, 1.807) is 0 Å². The third kappa shape index (κ3) is 6.34. The van der Waals surface area contributed by atoms with E-state index < -0.39 is 23.1 Å². The summed E-state index contributed by atoms with van der Waals surface area (Å²) in [6, 6.07) is -0.132. The Morgan fingerprint density at radius 2 is 1.77 bits per heavy atom. The molecule has 3 atom stereocenters. The minimum atomic E-state index is -1.15. The first kappa shape index (κ1) is 19.6. The molecule has 0 heterocycles. The Bertz CT molecular complexity index is 373. The lowest BCUT2D eigenvalue weighted by Gasteiger charge is -2.39. The second kappa shape index (κ2) is 7.41. The highest BCUT2D eigenvalue weighted by atomic mass is 32.2. The van der Waals surface area contributed by atoms with E-state index in [0.717, 1.165) is 12.8 Å². The van der Waals surface area contributed by atoms with Crippen LogP contribution in [0.2, 0.25) is 0 Å². The molecule has 1 fully saturated rings. The number of alkyl carbamates (subject to hydrolysis) is 1. The normalized spacial score (nSPS) is 20.7. The number of hydrogen-bond acceptors (Lipinski definition) is 4. The molecule has 0 aromatic carbocycles. The third-order valence-electron chi connectivity index (χ3n) is 3.74. The quantitative estimate of drug-likeness (QED) is 0.759. The number of nitrogens with one attached hydrogen (secondary N) is 2. The molecule has 0 unspecified atom stereocenters. The van der Waals surface area contributed by atoms with Gasteiger partial charge in [0.1, 0.15) is 10.3 Å². The molecule has 1 saturated carbocycles. The molecular weight excluding hydrogens is 300 g/mol. The van der Waals surface area contributed by atoms with E-state index in [1.165, 1.54) is 6.42 Å². The standard InChI is InChI=1S/C16H32N2O3S/c1-11(17-14(19)21-15(2,3)4)13(12-9-8-10-12)18-22(20)16(5,6)7/h11-13,18H,8-10H2,1-7H3,(H,17,19)/t11-,13-,22-/m0/s1. The minimum absolute atomic E-state index is 0.00123. The first-order chi connectivity index (χ1) is 9.90. The maximum Gasteiger partial charge on any atom is 0.407 e. The van der Waals surface area contributed by atoms with Gasteiger partial charge in [-0.25, -0.2) is 4.79 Å². The highest BCUT2D eigenvalue weighted by Gasteiger charge is 2.38. The van der Waals surface area contributed by atoms with E-state index in [9.17, 15) is 9.35 Å². The monoisotopic (exact) mass is 332 g/mol. The van der Waals surface area contributed by atoms with Gasteiger partial charge in [0.05, 0.1) is 6.04 Å². The molecule has 1 amide bonds. The molecule has 1 aliphatic carbocycles. The second-order valence-corrected chi connectivity index (χ2v) is 10.1. The SMILES string of the molecule is C[C@H](NC(=O)OC(C)(C)C)[C@H](N[S@@+]([O-])C(C)(C)C)C1CCC1. The van der Waals surface area contributed by atoms with Crippen LogP contribution in [-0.4, -0.2) is 33.1 Å². The van der Waals surface area contributed by atoms with Crippen molar-refractivity contribution in [1.29, 1.82) is 0 Å². The topological polar surface area (TPSA) is 73.4 Å². The summed E-state index contributed by atoms with van der Waals surface area (Å²) in [5, 5.41) is 2.88. The van der Waals surface area contributed by atoms with Crippen LogP contribution in [0.1, 0.15) is 67.7 Å². The van der Waals surface area contributed by atoms with Gasteiger partial charge in [0.25, 0.3) is 0 Å². The Morgan fingerprint density at radius 1 is 1.23 bits per heavy atom. The average molecular weight is 333 g/mol. The lowest BCUT2D eigenvalue weighted by Crippen LogP contribution is -2.58. The molecule has 1 aliphatic rings. The molecule has 0 bridgehead atoms. The molecule has 130 valence electrons. The zero-order chi connectivity index (χ0) is 17.1. The van der Waals surface area contributed by atoms with Gasteiger partial charge in [0, 0.05) is 17.4 Å². The molecular formula is C16H32N2O3S. The molecule has 0 radical (unpaired) electrons. The maximum atomic E-state index is 12.4. The Kier molecular flexibility index (Phi) is 6.59. The van der Waals surface area contributed by atoms with Gasteiger partial charge in [-0.1, -0.05) is 6.42 Å². The van der Waals surface area contributed by atoms with Crippen LogP contribution in [0.4, 0.5) is 4.79 Å². The summed E-state index contributed by atoms with van der Waals surface area (Å²) >= 11 is -1.15. The minimum Gasteiger partial charge on any atom is -0.598 e. The Morgan fingerprint density at radius 3 is 2.14 bits per heavy atom. The Labute approximate surface area is 138 Å². The lowest BCUT2D eigenvalue weighted by atomic mass is 9.78. The van der Waals surface area contributed by atoms with Gasteiger partial charge in [-0.15, -0.1) is 4.72 Å². The van der Waals surface area contributed by atoms with Crippen molar-refractivity contribution in [2.24, 2.45) is 5.92 Å². The largest absolute Gasteiger partial charge is 0.598 e. The van der Waals surface area contributed by atoms with E-state index in [2.05, 4.69) is 10.0 Å². The molecule has 0 aromatic rings. The number of hydrogen-bond donors (Lipinski definition) is 2. The highest BCUT2D eigenvalue weighted by Crippen LogP contribution is 2.32. The van der Waals surface area contributed by atoms with Gasteiger partial charge in [0.15, 0.2) is 0 Å². The van der Waals surface area contributed by atoms with Crippen LogP contribution >= 0.6 is 0 Å². The van der Waals surface area contributed by atoms with E-state index >= 15 is 0 Å². The summed E-state index contributed by atoms with van der Waals surface area (Å²) in [5.41, 5.74) is -0.516. The summed E-state index contributed by atoms with van der Waals surface area (Å²) in [4.78, 5) is 11.9. The van der Waals surface area contributed by atoms with Crippen molar-refractivity contribution in [2.45, 2.75) is 90.2 Å². The van der Waals surface area contributed by atoms with Gasteiger partial charge >= 0.3 is 6.09 Å². The summed E-state index contributed by atoms with van der Waals surface area (Å²) in [5.74, 6) is 0.455. The van der Waals surface area contributed by atoms with E-state index in [0.29, 0.717) is 5.92 Å². The predicted molar refractivity (Wildman–Crippen MR) is 91.0 cm³/mol. The van der Waals surface area contributed by atoms with Crippen molar-refractivity contribution in [3.8, 4) is 0 Å². The van der Waals surface area contributed by atoms with Crippen LogP contribution in [-0.2, 0) is 16.1 Å². The number of carbonyl (C=O) groups excluding carboxylic acids is 1. The zero-order valence-corrected chi connectivity index (χ0v) is 15.8. The first-order valence-electron chi connectivity index (χ1n) is 8.08.